The van der Waals surface area contributed by atoms with Gasteiger partial charge in [0.25, 0.3) is 0 Å². The summed E-state index contributed by atoms with van der Waals surface area (Å²) in [7, 11) is 1.22. The van der Waals surface area contributed by atoms with Crippen molar-refractivity contribution in [3.8, 4) is 6.07 Å². The third-order valence-electron chi connectivity index (χ3n) is 3.95. The van der Waals surface area contributed by atoms with Gasteiger partial charge >= 0.3 is 5.97 Å². The van der Waals surface area contributed by atoms with Crippen LogP contribution in [-0.4, -0.2) is 24.2 Å². The summed E-state index contributed by atoms with van der Waals surface area (Å²) >= 11 is 1.23. The van der Waals surface area contributed by atoms with E-state index in [0.717, 1.165) is 5.56 Å². The van der Waals surface area contributed by atoms with Gasteiger partial charge in [-0.05, 0) is 24.1 Å². The fourth-order valence-corrected chi connectivity index (χ4v) is 4.01. The molecule has 0 saturated carbocycles. The lowest BCUT2D eigenvalue weighted by Crippen LogP contribution is -2.30. The lowest BCUT2D eigenvalue weighted by Gasteiger charge is -2.18. The molecule has 1 fully saturated rings. The number of esters is 1. The van der Waals surface area contributed by atoms with E-state index in [1.54, 1.807) is 24.3 Å². The maximum Gasteiger partial charge on any atom is 0.351 e. The summed E-state index contributed by atoms with van der Waals surface area (Å²) < 4.78 is 4.72. The van der Waals surface area contributed by atoms with Crippen molar-refractivity contribution in [2.45, 2.75) is 11.7 Å². The largest absolute Gasteiger partial charge is 0.465 e. The molecule has 5 nitrogen and oxygen atoms in total. The number of carbonyl (C=O) groups is 2. The van der Waals surface area contributed by atoms with Crippen LogP contribution in [0.4, 0.5) is 5.69 Å². The van der Waals surface area contributed by atoms with Crippen LogP contribution in [0.2, 0.25) is 0 Å². The van der Waals surface area contributed by atoms with Crippen molar-refractivity contribution in [1.82, 2.24) is 0 Å². The van der Waals surface area contributed by atoms with Gasteiger partial charge in [-0.2, -0.15) is 5.26 Å². The molecule has 0 radical (unpaired) electrons. The number of amides is 1. The molecule has 1 amide bonds. The minimum absolute atomic E-state index is 0.156. The highest BCUT2D eigenvalue weighted by Crippen LogP contribution is 2.41. The van der Waals surface area contributed by atoms with Crippen LogP contribution in [0.15, 0.2) is 71.3 Å². The Morgan fingerprint density at radius 3 is 2.35 bits per heavy atom. The highest BCUT2D eigenvalue weighted by atomic mass is 32.2. The molecule has 1 unspecified atom stereocenters. The number of para-hydroxylation sites is 1. The van der Waals surface area contributed by atoms with E-state index < -0.39 is 11.2 Å². The zero-order chi connectivity index (χ0) is 18.5. The lowest BCUT2D eigenvalue weighted by molar-refractivity contribution is -0.135. The number of rotatable bonds is 4. The Bertz CT molecular complexity index is 888. The minimum atomic E-state index is -0.746. The Kier molecular flexibility index (Phi) is 5.40. The molecule has 3 rings (SSSR count). The van der Waals surface area contributed by atoms with Crippen LogP contribution in [0.1, 0.15) is 5.56 Å². The monoisotopic (exact) mass is 364 g/mol. The topological polar surface area (TPSA) is 70.4 Å². The Hall–Kier alpha value is -3.04. The number of benzene rings is 2. The Labute approximate surface area is 155 Å². The van der Waals surface area contributed by atoms with Gasteiger partial charge in [-0.15, -0.1) is 0 Å². The number of anilines is 1. The van der Waals surface area contributed by atoms with Crippen LogP contribution in [0.5, 0.6) is 0 Å². The standard InChI is InChI=1S/C20H16N2O3S/c1-25-20(24)16(13-21)19-22(15-10-6-3-7-11-15)18(23)17(26-19)12-14-8-4-2-5-9-14/h2-11,17H,12H2,1H3. The van der Waals surface area contributed by atoms with Gasteiger partial charge in [0.1, 0.15) is 11.1 Å². The van der Waals surface area contributed by atoms with Crippen LogP contribution in [0.25, 0.3) is 0 Å². The first-order chi connectivity index (χ1) is 12.7. The number of methoxy groups -OCH3 is 1. The summed E-state index contributed by atoms with van der Waals surface area (Å²) in [4.78, 5) is 26.5. The van der Waals surface area contributed by atoms with Crippen molar-refractivity contribution in [3.05, 3.63) is 76.8 Å². The first kappa shape index (κ1) is 17.8. The molecular weight excluding hydrogens is 348 g/mol. The summed E-state index contributed by atoms with van der Waals surface area (Å²) in [6.45, 7) is 0. The van der Waals surface area contributed by atoms with Crippen LogP contribution in [-0.2, 0) is 20.7 Å². The van der Waals surface area contributed by atoms with Gasteiger partial charge in [-0.1, -0.05) is 60.3 Å². The summed E-state index contributed by atoms with van der Waals surface area (Å²) in [5.41, 5.74) is 1.47. The van der Waals surface area contributed by atoms with Gasteiger partial charge in [0, 0.05) is 5.69 Å². The van der Waals surface area contributed by atoms with Crippen molar-refractivity contribution in [3.63, 3.8) is 0 Å². The summed E-state index contributed by atoms with van der Waals surface area (Å²) in [6, 6.07) is 20.5. The zero-order valence-electron chi connectivity index (χ0n) is 14.1. The zero-order valence-corrected chi connectivity index (χ0v) is 14.9. The second-order valence-electron chi connectivity index (χ2n) is 5.59. The molecule has 0 bridgehead atoms. The molecule has 6 heteroatoms. The van der Waals surface area contributed by atoms with E-state index in [1.807, 2.05) is 42.5 Å². The van der Waals surface area contributed by atoms with E-state index in [-0.39, 0.29) is 11.5 Å². The highest BCUT2D eigenvalue weighted by molar-refractivity contribution is 8.05. The second-order valence-corrected chi connectivity index (χ2v) is 6.78. The predicted molar refractivity (Wildman–Crippen MR) is 100 cm³/mol. The minimum Gasteiger partial charge on any atom is -0.465 e. The Morgan fingerprint density at radius 1 is 1.15 bits per heavy atom. The molecule has 26 heavy (non-hydrogen) atoms. The number of thioether (sulfide) groups is 1. The summed E-state index contributed by atoms with van der Waals surface area (Å²) in [6.07, 6.45) is 0.511. The average Bonchev–Trinajstić information content (AvgIpc) is 2.99. The number of hydrogen-bond donors (Lipinski definition) is 0. The first-order valence-electron chi connectivity index (χ1n) is 7.98. The van der Waals surface area contributed by atoms with Crippen LogP contribution in [0, 0.1) is 11.3 Å². The molecule has 0 aromatic heterocycles. The molecule has 130 valence electrons. The third kappa shape index (κ3) is 3.48. The molecule has 2 aromatic carbocycles. The van der Waals surface area contributed by atoms with E-state index in [4.69, 9.17) is 4.74 Å². The quantitative estimate of drug-likeness (QED) is 0.473. The molecule has 0 spiro atoms. The summed E-state index contributed by atoms with van der Waals surface area (Å²) in [5, 5.41) is 9.35. The van der Waals surface area contributed by atoms with Gasteiger partial charge in [-0.25, -0.2) is 4.79 Å². The summed E-state index contributed by atoms with van der Waals surface area (Å²) in [5.74, 6) is -0.902. The van der Waals surface area contributed by atoms with Crippen molar-refractivity contribution in [2.24, 2.45) is 0 Å². The predicted octanol–water partition coefficient (Wildman–Crippen LogP) is 3.29. The average molecular weight is 364 g/mol. The lowest BCUT2D eigenvalue weighted by atomic mass is 10.1. The highest BCUT2D eigenvalue weighted by Gasteiger charge is 2.40. The molecule has 0 N–H and O–H groups in total. The normalized spacial score (nSPS) is 18.4. The number of nitriles is 1. The molecule has 2 aromatic rings. The SMILES string of the molecule is COC(=O)C(C#N)=C1SC(Cc2ccccc2)C(=O)N1c1ccccc1. The van der Waals surface area contributed by atoms with Gasteiger partial charge in [0.15, 0.2) is 5.57 Å². The molecule has 1 heterocycles. The van der Waals surface area contributed by atoms with E-state index in [9.17, 15) is 14.9 Å². The van der Waals surface area contributed by atoms with Crippen molar-refractivity contribution in [1.29, 1.82) is 5.26 Å². The van der Waals surface area contributed by atoms with Crippen LogP contribution < -0.4 is 4.90 Å². The van der Waals surface area contributed by atoms with Gasteiger partial charge < -0.3 is 4.74 Å². The number of ether oxygens (including phenoxy) is 1. The molecular formula is C20H16N2O3S. The van der Waals surface area contributed by atoms with Crippen molar-refractivity contribution >= 4 is 29.3 Å². The van der Waals surface area contributed by atoms with E-state index >= 15 is 0 Å². The smallest absolute Gasteiger partial charge is 0.351 e. The van der Waals surface area contributed by atoms with Gasteiger partial charge in [0.2, 0.25) is 5.91 Å². The molecule has 1 aliphatic rings. The van der Waals surface area contributed by atoms with E-state index in [2.05, 4.69) is 0 Å². The van der Waals surface area contributed by atoms with Crippen molar-refractivity contribution in [2.75, 3.05) is 12.0 Å². The van der Waals surface area contributed by atoms with Gasteiger partial charge in [0.05, 0.1) is 12.4 Å². The van der Waals surface area contributed by atoms with Crippen LogP contribution >= 0.6 is 11.8 Å². The molecule has 1 atom stereocenters. The molecule has 1 saturated heterocycles. The van der Waals surface area contributed by atoms with E-state index in [1.165, 1.54) is 23.8 Å². The van der Waals surface area contributed by atoms with Crippen molar-refractivity contribution < 1.29 is 14.3 Å². The third-order valence-corrected chi connectivity index (χ3v) is 5.21. The number of carbonyl (C=O) groups excluding carboxylic acids is 2. The second kappa shape index (κ2) is 7.89. The number of nitrogens with zero attached hydrogens (tertiary/aromatic N) is 2. The fourth-order valence-electron chi connectivity index (χ4n) is 2.71. The van der Waals surface area contributed by atoms with Crippen LogP contribution in [0.3, 0.4) is 0 Å². The molecule has 0 aliphatic carbocycles. The maximum atomic E-state index is 13.1. The maximum absolute atomic E-state index is 13.1. The number of hydrogen-bond acceptors (Lipinski definition) is 5. The molecule has 1 aliphatic heterocycles. The Balaban J connectivity index is 2.03. The fraction of sp³-hybridized carbons (Fsp3) is 0.150. The van der Waals surface area contributed by atoms with Gasteiger partial charge in [-0.3, -0.25) is 9.69 Å². The first-order valence-corrected chi connectivity index (χ1v) is 8.86. The van der Waals surface area contributed by atoms with E-state index in [0.29, 0.717) is 17.1 Å². The Morgan fingerprint density at radius 2 is 1.77 bits per heavy atom.